The summed E-state index contributed by atoms with van der Waals surface area (Å²) in [7, 11) is 0. The van der Waals surface area contributed by atoms with Crippen LogP contribution in [0.1, 0.15) is 12.0 Å². The molecule has 1 aromatic rings. The summed E-state index contributed by atoms with van der Waals surface area (Å²) in [4.78, 5) is 11.2. The van der Waals surface area contributed by atoms with E-state index in [-0.39, 0.29) is 5.92 Å². The zero-order chi connectivity index (χ0) is 11.4. The van der Waals surface area contributed by atoms with Crippen LogP contribution >= 0.6 is 0 Å². The Morgan fingerprint density at radius 3 is 2.69 bits per heavy atom. The van der Waals surface area contributed by atoms with Crippen LogP contribution in [0.3, 0.4) is 0 Å². The van der Waals surface area contributed by atoms with Gasteiger partial charge in [0.05, 0.1) is 12.2 Å². The van der Waals surface area contributed by atoms with Gasteiger partial charge in [-0.2, -0.15) is 0 Å². The van der Waals surface area contributed by atoms with Crippen LogP contribution in [-0.2, 0) is 9.53 Å². The second-order valence-corrected chi connectivity index (χ2v) is 3.88. The summed E-state index contributed by atoms with van der Waals surface area (Å²) < 4.78 is 5.24. The fraction of sp³-hybridized carbons (Fsp3) is 0.308. The molecule has 0 aromatic heterocycles. The number of rotatable bonds is 3. The number of carboxylic acids is 1. The second kappa shape index (κ2) is 4.94. The SMILES string of the molecule is O=C(O)C(=CC1CCOC1)c1ccccc1. The topological polar surface area (TPSA) is 46.5 Å². The van der Waals surface area contributed by atoms with Crippen LogP contribution in [0.2, 0.25) is 0 Å². The molecule has 1 saturated heterocycles. The summed E-state index contributed by atoms with van der Waals surface area (Å²) in [6.45, 7) is 1.35. The van der Waals surface area contributed by atoms with Crippen molar-refractivity contribution in [2.45, 2.75) is 6.42 Å². The summed E-state index contributed by atoms with van der Waals surface area (Å²) in [5.74, 6) is -0.649. The summed E-state index contributed by atoms with van der Waals surface area (Å²) >= 11 is 0. The van der Waals surface area contributed by atoms with Gasteiger partial charge in [-0.3, -0.25) is 0 Å². The largest absolute Gasteiger partial charge is 0.478 e. The van der Waals surface area contributed by atoms with E-state index in [9.17, 15) is 9.90 Å². The molecule has 1 unspecified atom stereocenters. The lowest BCUT2D eigenvalue weighted by Gasteiger charge is -2.05. The van der Waals surface area contributed by atoms with E-state index in [4.69, 9.17) is 4.74 Å². The molecule has 0 aliphatic carbocycles. The highest BCUT2D eigenvalue weighted by Gasteiger charge is 2.17. The fourth-order valence-corrected chi connectivity index (χ4v) is 1.83. The Hall–Kier alpha value is -1.61. The average molecular weight is 218 g/mol. The lowest BCUT2D eigenvalue weighted by Crippen LogP contribution is -2.04. The predicted molar refractivity (Wildman–Crippen MR) is 61.0 cm³/mol. The Kier molecular flexibility index (Phi) is 3.37. The van der Waals surface area contributed by atoms with E-state index in [2.05, 4.69) is 0 Å². The number of ether oxygens (including phenoxy) is 1. The molecule has 1 aliphatic rings. The first kappa shape index (κ1) is 10.9. The fourth-order valence-electron chi connectivity index (χ4n) is 1.83. The molecule has 2 rings (SSSR count). The van der Waals surface area contributed by atoms with Gasteiger partial charge in [0, 0.05) is 12.5 Å². The van der Waals surface area contributed by atoms with E-state index in [1.165, 1.54) is 0 Å². The van der Waals surface area contributed by atoms with Crippen molar-refractivity contribution in [3.05, 3.63) is 42.0 Å². The minimum atomic E-state index is -0.877. The van der Waals surface area contributed by atoms with E-state index < -0.39 is 5.97 Å². The number of hydrogen-bond donors (Lipinski definition) is 1. The van der Waals surface area contributed by atoms with Crippen molar-refractivity contribution in [3.63, 3.8) is 0 Å². The predicted octanol–water partition coefficient (Wildman–Crippen LogP) is 2.19. The van der Waals surface area contributed by atoms with Crippen LogP contribution in [0.15, 0.2) is 36.4 Å². The minimum absolute atomic E-state index is 0.228. The first-order valence-electron chi connectivity index (χ1n) is 5.35. The molecule has 0 bridgehead atoms. The van der Waals surface area contributed by atoms with Crippen LogP contribution in [-0.4, -0.2) is 24.3 Å². The van der Waals surface area contributed by atoms with E-state index in [1.807, 2.05) is 36.4 Å². The van der Waals surface area contributed by atoms with Crippen molar-refractivity contribution in [1.82, 2.24) is 0 Å². The van der Waals surface area contributed by atoms with E-state index in [1.54, 1.807) is 0 Å². The summed E-state index contributed by atoms with van der Waals surface area (Å²) in [6.07, 6.45) is 2.72. The van der Waals surface area contributed by atoms with Gasteiger partial charge >= 0.3 is 5.97 Å². The second-order valence-electron chi connectivity index (χ2n) is 3.88. The Morgan fingerprint density at radius 1 is 1.38 bits per heavy atom. The molecule has 1 heterocycles. The molecule has 1 atom stereocenters. The molecule has 1 N–H and O–H groups in total. The van der Waals surface area contributed by atoms with Crippen molar-refractivity contribution in [1.29, 1.82) is 0 Å². The Bertz CT molecular complexity index is 389. The molecule has 1 aromatic carbocycles. The molecule has 3 heteroatoms. The number of benzene rings is 1. The normalized spacial score (nSPS) is 21.0. The zero-order valence-corrected chi connectivity index (χ0v) is 8.93. The molecule has 0 radical (unpaired) electrons. The van der Waals surface area contributed by atoms with Crippen molar-refractivity contribution in [3.8, 4) is 0 Å². The maximum absolute atomic E-state index is 11.2. The molecule has 16 heavy (non-hydrogen) atoms. The molecule has 1 fully saturated rings. The lowest BCUT2D eigenvalue weighted by atomic mass is 9.99. The molecule has 0 amide bonds. The van der Waals surface area contributed by atoms with E-state index in [0.717, 1.165) is 18.6 Å². The van der Waals surface area contributed by atoms with Crippen LogP contribution in [0.5, 0.6) is 0 Å². The molecule has 1 aliphatic heterocycles. The first-order valence-corrected chi connectivity index (χ1v) is 5.35. The van der Waals surface area contributed by atoms with Gasteiger partial charge in [-0.15, -0.1) is 0 Å². The smallest absolute Gasteiger partial charge is 0.335 e. The number of carbonyl (C=O) groups is 1. The monoisotopic (exact) mass is 218 g/mol. The average Bonchev–Trinajstić information content (AvgIpc) is 2.79. The Balaban J connectivity index is 2.26. The molecular formula is C13H14O3. The van der Waals surface area contributed by atoms with Gasteiger partial charge in [-0.25, -0.2) is 4.79 Å². The summed E-state index contributed by atoms with van der Waals surface area (Å²) in [5, 5.41) is 9.18. The van der Waals surface area contributed by atoms with Gasteiger partial charge in [0.1, 0.15) is 0 Å². The third kappa shape index (κ3) is 2.49. The minimum Gasteiger partial charge on any atom is -0.478 e. The maximum Gasteiger partial charge on any atom is 0.335 e. The summed E-state index contributed by atoms with van der Waals surface area (Å²) in [6, 6.07) is 9.20. The molecular weight excluding hydrogens is 204 g/mol. The van der Waals surface area contributed by atoms with Gasteiger partial charge in [-0.1, -0.05) is 36.4 Å². The van der Waals surface area contributed by atoms with Gasteiger partial charge in [0.2, 0.25) is 0 Å². The van der Waals surface area contributed by atoms with Crippen LogP contribution in [0, 0.1) is 5.92 Å². The molecule has 84 valence electrons. The van der Waals surface area contributed by atoms with Crippen molar-refractivity contribution in [2.75, 3.05) is 13.2 Å². The molecule has 0 saturated carbocycles. The van der Waals surface area contributed by atoms with Crippen LogP contribution in [0.4, 0.5) is 0 Å². The van der Waals surface area contributed by atoms with Crippen molar-refractivity contribution >= 4 is 11.5 Å². The van der Waals surface area contributed by atoms with Gasteiger partial charge in [0.25, 0.3) is 0 Å². The van der Waals surface area contributed by atoms with E-state index in [0.29, 0.717) is 12.2 Å². The van der Waals surface area contributed by atoms with Crippen LogP contribution < -0.4 is 0 Å². The summed E-state index contributed by atoms with van der Waals surface area (Å²) in [5.41, 5.74) is 1.12. The van der Waals surface area contributed by atoms with E-state index >= 15 is 0 Å². The van der Waals surface area contributed by atoms with Gasteiger partial charge in [-0.05, 0) is 12.0 Å². The highest BCUT2D eigenvalue weighted by molar-refractivity contribution is 6.15. The number of hydrogen-bond acceptors (Lipinski definition) is 2. The Morgan fingerprint density at radius 2 is 2.12 bits per heavy atom. The third-order valence-corrected chi connectivity index (χ3v) is 2.68. The van der Waals surface area contributed by atoms with Crippen molar-refractivity contribution in [2.24, 2.45) is 5.92 Å². The standard InChI is InChI=1S/C13H14O3/c14-13(15)12(8-10-6-7-16-9-10)11-4-2-1-3-5-11/h1-5,8,10H,6-7,9H2,(H,14,15). The number of carboxylic acid groups (broad SMARTS) is 1. The Labute approximate surface area is 94.4 Å². The molecule has 0 spiro atoms. The van der Waals surface area contributed by atoms with Gasteiger partial charge < -0.3 is 9.84 Å². The highest BCUT2D eigenvalue weighted by Crippen LogP contribution is 2.21. The third-order valence-electron chi connectivity index (χ3n) is 2.68. The van der Waals surface area contributed by atoms with Crippen LogP contribution in [0.25, 0.3) is 5.57 Å². The molecule has 3 nitrogen and oxygen atoms in total. The zero-order valence-electron chi connectivity index (χ0n) is 8.93. The maximum atomic E-state index is 11.2. The first-order chi connectivity index (χ1) is 7.77. The lowest BCUT2D eigenvalue weighted by molar-refractivity contribution is -0.130. The highest BCUT2D eigenvalue weighted by atomic mass is 16.5. The quantitative estimate of drug-likeness (QED) is 0.791. The number of aliphatic carboxylic acids is 1. The van der Waals surface area contributed by atoms with Crippen molar-refractivity contribution < 1.29 is 14.6 Å². The van der Waals surface area contributed by atoms with Gasteiger partial charge in [0.15, 0.2) is 0 Å².